The average molecular weight is 355 g/mol. The van der Waals surface area contributed by atoms with Crippen LogP contribution in [0.3, 0.4) is 0 Å². The van der Waals surface area contributed by atoms with Gasteiger partial charge in [0.2, 0.25) is 0 Å². The highest BCUT2D eigenvalue weighted by molar-refractivity contribution is 7.21. The monoisotopic (exact) mass is 355 g/mol. The molecule has 0 fully saturated rings. The number of nitrogens with zero attached hydrogens (tertiary/aromatic N) is 1. The molecule has 2 heterocycles. The van der Waals surface area contributed by atoms with E-state index in [2.05, 4.69) is 24.1 Å². The van der Waals surface area contributed by atoms with E-state index in [9.17, 15) is 4.79 Å². The standard InChI is InChI=1S/C19H21N3O2S/c1-4-24-13-7-5-12(6-8-13)21-18(23)17-16(20)14-9-10-15(11(2)3)22-19(14)25-17/h5-11H,4,20H2,1-3H3,(H,21,23). The molecule has 0 saturated carbocycles. The summed E-state index contributed by atoms with van der Waals surface area (Å²) in [6.07, 6.45) is 0. The molecule has 130 valence electrons. The summed E-state index contributed by atoms with van der Waals surface area (Å²) in [5.41, 5.74) is 8.34. The minimum absolute atomic E-state index is 0.226. The number of carbonyl (C=O) groups is 1. The van der Waals surface area contributed by atoms with Gasteiger partial charge in [0.25, 0.3) is 5.91 Å². The van der Waals surface area contributed by atoms with Gasteiger partial charge < -0.3 is 15.8 Å². The van der Waals surface area contributed by atoms with Crippen LogP contribution in [0.4, 0.5) is 11.4 Å². The Balaban J connectivity index is 1.85. The molecule has 0 atom stereocenters. The zero-order valence-electron chi connectivity index (χ0n) is 14.5. The van der Waals surface area contributed by atoms with Crippen LogP contribution in [0.25, 0.3) is 10.2 Å². The number of pyridine rings is 1. The summed E-state index contributed by atoms with van der Waals surface area (Å²) < 4.78 is 5.40. The van der Waals surface area contributed by atoms with Gasteiger partial charge in [-0.15, -0.1) is 11.3 Å². The quantitative estimate of drug-likeness (QED) is 0.698. The maximum absolute atomic E-state index is 12.6. The number of carbonyl (C=O) groups excluding carboxylic acids is 1. The molecule has 0 aliphatic rings. The summed E-state index contributed by atoms with van der Waals surface area (Å²) in [4.78, 5) is 18.5. The lowest BCUT2D eigenvalue weighted by atomic mass is 10.1. The number of amides is 1. The second kappa shape index (κ2) is 7.11. The molecule has 0 bridgehead atoms. The predicted molar refractivity (Wildman–Crippen MR) is 104 cm³/mol. The van der Waals surface area contributed by atoms with Crippen molar-refractivity contribution in [2.24, 2.45) is 0 Å². The Morgan fingerprint density at radius 1 is 1.24 bits per heavy atom. The molecule has 0 aliphatic heterocycles. The second-order valence-electron chi connectivity index (χ2n) is 6.00. The fraction of sp³-hybridized carbons (Fsp3) is 0.263. The Morgan fingerprint density at radius 2 is 1.96 bits per heavy atom. The van der Waals surface area contributed by atoms with Gasteiger partial charge >= 0.3 is 0 Å². The first-order chi connectivity index (χ1) is 12.0. The molecule has 3 aromatic rings. The van der Waals surface area contributed by atoms with Gasteiger partial charge in [0.15, 0.2) is 0 Å². The number of hydrogen-bond donors (Lipinski definition) is 2. The van der Waals surface area contributed by atoms with Crippen molar-refractivity contribution in [3.05, 3.63) is 47.0 Å². The van der Waals surface area contributed by atoms with Gasteiger partial charge in [-0.3, -0.25) is 4.79 Å². The third-order valence-corrected chi connectivity index (χ3v) is 4.95. The topological polar surface area (TPSA) is 77.2 Å². The van der Waals surface area contributed by atoms with E-state index < -0.39 is 0 Å². The first-order valence-electron chi connectivity index (χ1n) is 8.22. The maximum atomic E-state index is 12.6. The summed E-state index contributed by atoms with van der Waals surface area (Å²) in [5.74, 6) is 0.872. The van der Waals surface area contributed by atoms with Crippen molar-refractivity contribution in [2.75, 3.05) is 17.7 Å². The highest BCUT2D eigenvalue weighted by atomic mass is 32.1. The number of benzene rings is 1. The Bertz CT molecular complexity index is 901. The number of ether oxygens (including phenoxy) is 1. The van der Waals surface area contributed by atoms with Gasteiger partial charge in [-0.05, 0) is 49.2 Å². The summed E-state index contributed by atoms with van der Waals surface area (Å²) in [6.45, 7) is 6.71. The molecule has 2 aromatic heterocycles. The number of nitrogens with one attached hydrogen (secondary N) is 1. The molecular weight excluding hydrogens is 334 g/mol. The lowest BCUT2D eigenvalue weighted by Gasteiger charge is -2.06. The van der Waals surface area contributed by atoms with E-state index in [0.29, 0.717) is 28.8 Å². The largest absolute Gasteiger partial charge is 0.494 e. The van der Waals surface area contributed by atoms with E-state index in [1.807, 2.05) is 43.3 Å². The van der Waals surface area contributed by atoms with Crippen LogP contribution in [-0.2, 0) is 0 Å². The number of anilines is 2. The number of nitrogens with two attached hydrogens (primary N) is 1. The number of rotatable bonds is 5. The second-order valence-corrected chi connectivity index (χ2v) is 7.00. The molecule has 5 nitrogen and oxygen atoms in total. The van der Waals surface area contributed by atoms with Crippen molar-refractivity contribution >= 4 is 38.8 Å². The van der Waals surface area contributed by atoms with E-state index in [-0.39, 0.29) is 5.91 Å². The number of hydrogen-bond acceptors (Lipinski definition) is 5. The lowest BCUT2D eigenvalue weighted by molar-refractivity contribution is 0.103. The molecule has 1 aromatic carbocycles. The lowest BCUT2D eigenvalue weighted by Crippen LogP contribution is -2.11. The molecule has 0 spiro atoms. The van der Waals surface area contributed by atoms with E-state index in [1.165, 1.54) is 11.3 Å². The normalized spacial score (nSPS) is 11.0. The van der Waals surface area contributed by atoms with Crippen molar-refractivity contribution < 1.29 is 9.53 Å². The van der Waals surface area contributed by atoms with Gasteiger partial charge in [-0.1, -0.05) is 13.8 Å². The van der Waals surface area contributed by atoms with Crippen molar-refractivity contribution in [2.45, 2.75) is 26.7 Å². The van der Waals surface area contributed by atoms with E-state index in [1.54, 1.807) is 0 Å². The minimum Gasteiger partial charge on any atom is -0.494 e. The molecule has 0 saturated heterocycles. The van der Waals surface area contributed by atoms with E-state index in [0.717, 1.165) is 21.7 Å². The van der Waals surface area contributed by atoms with Crippen molar-refractivity contribution in [3.63, 3.8) is 0 Å². The van der Waals surface area contributed by atoms with Crippen molar-refractivity contribution in [3.8, 4) is 5.75 Å². The number of nitrogen functional groups attached to an aromatic ring is 1. The van der Waals surface area contributed by atoms with Crippen LogP contribution >= 0.6 is 11.3 Å². The summed E-state index contributed by atoms with van der Waals surface area (Å²) in [7, 11) is 0. The van der Waals surface area contributed by atoms with Crippen LogP contribution in [0.2, 0.25) is 0 Å². The molecule has 1 amide bonds. The fourth-order valence-corrected chi connectivity index (χ4v) is 3.49. The van der Waals surface area contributed by atoms with Gasteiger partial charge in [0, 0.05) is 16.8 Å². The Morgan fingerprint density at radius 3 is 2.60 bits per heavy atom. The van der Waals surface area contributed by atoms with Crippen molar-refractivity contribution in [1.29, 1.82) is 0 Å². The molecular formula is C19H21N3O2S. The molecule has 25 heavy (non-hydrogen) atoms. The maximum Gasteiger partial charge on any atom is 0.267 e. The molecule has 0 aliphatic carbocycles. The zero-order chi connectivity index (χ0) is 18.0. The smallest absolute Gasteiger partial charge is 0.267 e. The Hall–Kier alpha value is -2.60. The average Bonchev–Trinajstić information content (AvgIpc) is 2.93. The third-order valence-electron chi connectivity index (χ3n) is 3.84. The molecule has 3 rings (SSSR count). The number of fused-ring (bicyclic) bond motifs is 1. The SMILES string of the molecule is CCOc1ccc(NC(=O)c2sc3nc(C(C)C)ccc3c2N)cc1. The van der Waals surface area contributed by atoms with Crippen LogP contribution in [0, 0.1) is 0 Å². The fourth-order valence-electron chi connectivity index (χ4n) is 2.49. The highest BCUT2D eigenvalue weighted by Gasteiger charge is 2.18. The van der Waals surface area contributed by atoms with Gasteiger partial charge in [-0.25, -0.2) is 4.98 Å². The molecule has 6 heteroatoms. The number of aromatic nitrogens is 1. The van der Waals surface area contributed by atoms with Gasteiger partial charge in [-0.2, -0.15) is 0 Å². The van der Waals surface area contributed by atoms with Crippen LogP contribution in [0.5, 0.6) is 5.75 Å². The predicted octanol–water partition coefficient (Wildman–Crippen LogP) is 4.65. The summed E-state index contributed by atoms with van der Waals surface area (Å²) >= 11 is 1.32. The molecule has 3 N–H and O–H groups in total. The zero-order valence-corrected chi connectivity index (χ0v) is 15.3. The van der Waals surface area contributed by atoms with E-state index >= 15 is 0 Å². The first kappa shape index (κ1) is 17.2. The van der Waals surface area contributed by atoms with E-state index in [4.69, 9.17) is 10.5 Å². The summed E-state index contributed by atoms with van der Waals surface area (Å²) in [6, 6.07) is 11.2. The molecule has 0 radical (unpaired) electrons. The van der Waals surface area contributed by atoms with Crippen LogP contribution in [-0.4, -0.2) is 17.5 Å². The Kier molecular flexibility index (Phi) is 4.90. The van der Waals surface area contributed by atoms with Crippen LogP contribution in [0.1, 0.15) is 42.1 Å². The van der Waals surface area contributed by atoms with Gasteiger partial charge in [0.1, 0.15) is 15.5 Å². The first-order valence-corrected chi connectivity index (χ1v) is 9.04. The van der Waals surface area contributed by atoms with Crippen LogP contribution in [0.15, 0.2) is 36.4 Å². The molecule has 0 unspecified atom stereocenters. The third kappa shape index (κ3) is 3.58. The number of thiophene rings is 1. The minimum atomic E-state index is -0.226. The summed E-state index contributed by atoms with van der Waals surface area (Å²) in [5, 5.41) is 3.70. The highest BCUT2D eigenvalue weighted by Crippen LogP contribution is 2.34. The van der Waals surface area contributed by atoms with Crippen molar-refractivity contribution in [1.82, 2.24) is 4.98 Å². The Labute approximate surface area is 150 Å². The van der Waals surface area contributed by atoms with Crippen LogP contribution < -0.4 is 15.8 Å². The van der Waals surface area contributed by atoms with Gasteiger partial charge in [0.05, 0.1) is 12.3 Å².